The third-order valence-electron chi connectivity index (χ3n) is 3.41. The number of aliphatic hydroxyl groups is 1. The van der Waals surface area contributed by atoms with Crippen LogP contribution in [-0.2, 0) is 0 Å². The summed E-state index contributed by atoms with van der Waals surface area (Å²) in [4.78, 5) is 0. The highest BCUT2D eigenvalue weighted by molar-refractivity contribution is 5.21. The maximum absolute atomic E-state index is 10.0. The van der Waals surface area contributed by atoms with Gasteiger partial charge in [0.1, 0.15) is 0 Å². The average molecular weight is 206 g/mol. The second-order valence-electron chi connectivity index (χ2n) is 5.22. The first kappa shape index (κ1) is 10.7. The van der Waals surface area contributed by atoms with Crippen molar-refractivity contribution in [1.29, 1.82) is 0 Å². The van der Waals surface area contributed by atoms with E-state index in [1.807, 2.05) is 6.07 Å². The number of likely N-dealkylation sites (N-methyl/N-ethyl adjacent to an activating group) is 1. The summed E-state index contributed by atoms with van der Waals surface area (Å²) in [5, 5.41) is 10.0. The zero-order valence-corrected chi connectivity index (χ0v) is 9.56. The van der Waals surface area contributed by atoms with Crippen LogP contribution >= 0.6 is 0 Å². The maximum atomic E-state index is 10.0. The number of piperidine rings is 1. The lowest BCUT2D eigenvalue weighted by Gasteiger charge is -2.40. The minimum absolute atomic E-state index is 0.168. The second kappa shape index (κ2) is 3.95. The summed E-state index contributed by atoms with van der Waals surface area (Å²) in [5.41, 5.74) is 1.27. The van der Waals surface area contributed by atoms with Crippen molar-refractivity contribution in [2.75, 3.05) is 27.2 Å². The molecule has 0 spiro atoms. The molecule has 1 aromatic carbocycles. The molecule has 0 saturated carbocycles. The molecular weight excluding hydrogens is 186 g/mol. The fraction of sp³-hybridized carbons (Fsp3) is 0.538. The van der Waals surface area contributed by atoms with Gasteiger partial charge in [-0.05, 0) is 5.56 Å². The molecule has 0 bridgehead atoms. The van der Waals surface area contributed by atoms with Gasteiger partial charge in [0.2, 0.25) is 0 Å². The first-order valence-corrected chi connectivity index (χ1v) is 5.63. The third-order valence-corrected chi connectivity index (χ3v) is 3.41. The summed E-state index contributed by atoms with van der Waals surface area (Å²) >= 11 is 0. The van der Waals surface area contributed by atoms with E-state index < -0.39 is 0 Å². The SMILES string of the molecule is C[N+]1(C)CC[C@H](O)[C@H](c2ccccc2)C1. The van der Waals surface area contributed by atoms with E-state index in [2.05, 4.69) is 38.4 Å². The highest BCUT2D eigenvalue weighted by atomic mass is 16.3. The minimum Gasteiger partial charge on any atom is -0.392 e. The molecule has 1 aromatic rings. The molecule has 15 heavy (non-hydrogen) atoms. The number of rotatable bonds is 1. The Labute approximate surface area is 91.7 Å². The Hall–Kier alpha value is -0.860. The molecule has 2 nitrogen and oxygen atoms in total. The molecule has 2 atom stereocenters. The first-order valence-electron chi connectivity index (χ1n) is 5.63. The summed E-state index contributed by atoms with van der Waals surface area (Å²) < 4.78 is 1.01. The van der Waals surface area contributed by atoms with Gasteiger partial charge in [0.05, 0.1) is 39.2 Å². The van der Waals surface area contributed by atoms with Crippen LogP contribution in [0.15, 0.2) is 30.3 Å². The molecule has 1 saturated heterocycles. The molecule has 1 aliphatic rings. The van der Waals surface area contributed by atoms with E-state index in [1.54, 1.807) is 0 Å². The molecule has 0 unspecified atom stereocenters. The monoisotopic (exact) mass is 206 g/mol. The lowest BCUT2D eigenvalue weighted by Crippen LogP contribution is -2.51. The molecule has 1 N–H and O–H groups in total. The molecule has 0 aliphatic carbocycles. The summed E-state index contributed by atoms with van der Waals surface area (Å²) in [6.07, 6.45) is 0.741. The van der Waals surface area contributed by atoms with Crippen molar-refractivity contribution in [3.8, 4) is 0 Å². The first-order chi connectivity index (χ1) is 7.08. The number of aliphatic hydroxyl groups excluding tert-OH is 1. The Bertz CT molecular complexity index is 321. The van der Waals surface area contributed by atoms with Gasteiger partial charge in [0, 0.05) is 6.42 Å². The van der Waals surface area contributed by atoms with Crippen LogP contribution in [0, 0.1) is 0 Å². The molecule has 1 heterocycles. The van der Waals surface area contributed by atoms with E-state index >= 15 is 0 Å². The van der Waals surface area contributed by atoms with E-state index in [9.17, 15) is 5.11 Å². The van der Waals surface area contributed by atoms with Gasteiger partial charge < -0.3 is 9.59 Å². The number of likely N-dealkylation sites (tertiary alicyclic amines) is 1. The summed E-state index contributed by atoms with van der Waals surface area (Å²) in [6.45, 7) is 2.11. The predicted molar refractivity (Wildman–Crippen MR) is 61.6 cm³/mol. The van der Waals surface area contributed by atoms with Crippen molar-refractivity contribution in [2.45, 2.75) is 18.4 Å². The lowest BCUT2D eigenvalue weighted by molar-refractivity contribution is -0.897. The van der Waals surface area contributed by atoms with Crippen LogP contribution in [0.25, 0.3) is 0 Å². The molecule has 82 valence electrons. The van der Waals surface area contributed by atoms with Crippen LogP contribution < -0.4 is 0 Å². The summed E-state index contributed by atoms with van der Waals surface area (Å²) in [7, 11) is 4.48. The smallest absolute Gasteiger partial charge is 0.0877 e. The van der Waals surface area contributed by atoms with Crippen molar-refractivity contribution < 1.29 is 9.59 Å². The summed E-state index contributed by atoms with van der Waals surface area (Å²) in [5.74, 6) is 0.301. The largest absolute Gasteiger partial charge is 0.392 e. The Kier molecular flexibility index (Phi) is 2.81. The van der Waals surface area contributed by atoms with Crippen LogP contribution in [0.1, 0.15) is 17.9 Å². The van der Waals surface area contributed by atoms with Gasteiger partial charge in [-0.15, -0.1) is 0 Å². The lowest BCUT2D eigenvalue weighted by atomic mass is 9.87. The zero-order valence-electron chi connectivity index (χ0n) is 9.56. The van der Waals surface area contributed by atoms with Crippen LogP contribution in [0.5, 0.6) is 0 Å². The predicted octanol–water partition coefficient (Wildman–Crippen LogP) is 1.61. The Morgan fingerprint density at radius 2 is 1.87 bits per heavy atom. The Morgan fingerprint density at radius 1 is 1.20 bits per heavy atom. The van der Waals surface area contributed by atoms with Gasteiger partial charge in [-0.3, -0.25) is 0 Å². The molecule has 2 heteroatoms. The number of hydrogen-bond donors (Lipinski definition) is 1. The van der Waals surface area contributed by atoms with Gasteiger partial charge in [-0.1, -0.05) is 30.3 Å². The van der Waals surface area contributed by atoms with Crippen LogP contribution in [-0.4, -0.2) is 42.9 Å². The highest BCUT2D eigenvalue weighted by Gasteiger charge is 2.34. The molecule has 0 amide bonds. The van der Waals surface area contributed by atoms with Crippen molar-refractivity contribution in [3.05, 3.63) is 35.9 Å². The maximum Gasteiger partial charge on any atom is 0.0877 e. The van der Waals surface area contributed by atoms with Crippen LogP contribution in [0.4, 0.5) is 0 Å². The van der Waals surface area contributed by atoms with E-state index in [4.69, 9.17) is 0 Å². The fourth-order valence-electron chi connectivity index (χ4n) is 2.46. The van der Waals surface area contributed by atoms with E-state index in [-0.39, 0.29) is 6.10 Å². The van der Waals surface area contributed by atoms with Crippen molar-refractivity contribution in [1.82, 2.24) is 0 Å². The van der Waals surface area contributed by atoms with Gasteiger partial charge >= 0.3 is 0 Å². The standard InChI is InChI=1S/C13H20NO/c1-14(2)9-8-13(15)12(10-14)11-6-4-3-5-7-11/h3-7,12-13,15H,8-10H2,1-2H3/q+1/t12-,13-/m0/s1. The van der Waals surface area contributed by atoms with Crippen molar-refractivity contribution >= 4 is 0 Å². The quantitative estimate of drug-likeness (QED) is 0.692. The van der Waals surface area contributed by atoms with Gasteiger partial charge in [0.25, 0.3) is 0 Å². The minimum atomic E-state index is -0.168. The van der Waals surface area contributed by atoms with Crippen LogP contribution in [0.3, 0.4) is 0 Å². The molecule has 0 radical (unpaired) electrons. The molecule has 0 aromatic heterocycles. The number of benzene rings is 1. The normalized spacial score (nSPS) is 30.1. The Morgan fingerprint density at radius 3 is 2.53 bits per heavy atom. The summed E-state index contributed by atoms with van der Waals surface area (Å²) in [6, 6.07) is 10.4. The van der Waals surface area contributed by atoms with E-state index in [1.165, 1.54) is 5.56 Å². The van der Waals surface area contributed by atoms with Gasteiger partial charge in [-0.25, -0.2) is 0 Å². The van der Waals surface area contributed by atoms with E-state index in [0.717, 1.165) is 24.0 Å². The zero-order chi connectivity index (χ0) is 10.9. The number of nitrogens with zero attached hydrogens (tertiary/aromatic N) is 1. The molecule has 1 fully saturated rings. The van der Waals surface area contributed by atoms with Crippen LogP contribution in [0.2, 0.25) is 0 Å². The second-order valence-corrected chi connectivity index (χ2v) is 5.22. The van der Waals surface area contributed by atoms with Crippen molar-refractivity contribution in [2.24, 2.45) is 0 Å². The molecule has 1 aliphatic heterocycles. The third kappa shape index (κ3) is 2.39. The topological polar surface area (TPSA) is 20.2 Å². The van der Waals surface area contributed by atoms with Gasteiger partial charge in [0.15, 0.2) is 0 Å². The van der Waals surface area contributed by atoms with E-state index in [0.29, 0.717) is 5.92 Å². The number of hydrogen-bond acceptors (Lipinski definition) is 1. The van der Waals surface area contributed by atoms with Crippen molar-refractivity contribution in [3.63, 3.8) is 0 Å². The number of quaternary nitrogens is 1. The Balaban J connectivity index is 2.20. The van der Waals surface area contributed by atoms with Gasteiger partial charge in [-0.2, -0.15) is 0 Å². The fourth-order valence-corrected chi connectivity index (χ4v) is 2.46. The average Bonchev–Trinajstić information content (AvgIpc) is 2.23. The molecule has 2 rings (SSSR count). The molecular formula is C13H20NO+. The highest BCUT2D eigenvalue weighted by Crippen LogP contribution is 2.29.